The molecule has 0 spiro atoms. The summed E-state index contributed by atoms with van der Waals surface area (Å²) in [6.07, 6.45) is 2.24. The van der Waals surface area contributed by atoms with Crippen LogP contribution in [0.5, 0.6) is 17.2 Å². The minimum absolute atomic E-state index is 0.0489. The summed E-state index contributed by atoms with van der Waals surface area (Å²) >= 11 is 0. The van der Waals surface area contributed by atoms with Crippen molar-refractivity contribution in [1.82, 2.24) is 0 Å². The highest BCUT2D eigenvalue weighted by atomic mass is 16.5. The number of rotatable bonds is 4. The van der Waals surface area contributed by atoms with E-state index in [-0.39, 0.29) is 33.7 Å². The fourth-order valence-electron chi connectivity index (χ4n) is 3.01. The Bertz CT molecular complexity index is 1100. The van der Waals surface area contributed by atoms with Crippen LogP contribution in [0.25, 0.3) is 22.3 Å². The summed E-state index contributed by atoms with van der Waals surface area (Å²) in [5.74, 6) is 0.628. The molecular formula is C22H22O5. The van der Waals surface area contributed by atoms with Crippen LogP contribution in [0.4, 0.5) is 0 Å². The Morgan fingerprint density at radius 3 is 2.52 bits per heavy atom. The molecule has 2 N–H and O–H groups in total. The summed E-state index contributed by atoms with van der Waals surface area (Å²) in [5.41, 5.74) is 2.56. The van der Waals surface area contributed by atoms with Gasteiger partial charge in [-0.3, -0.25) is 4.79 Å². The summed E-state index contributed by atoms with van der Waals surface area (Å²) < 4.78 is 11.1. The lowest BCUT2D eigenvalue weighted by Crippen LogP contribution is -2.11. The molecule has 0 fully saturated rings. The Morgan fingerprint density at radius 1 is 1.15 bits per heavy atom. The van der Waals surface area contributed by atoms with Crippen LogP contribution in [-0.4, -0.2) is 17.3 Å². The largest absolute Gasteiger partial charge is 0.507 e. The predicted octanol–water partition coefficient (Wildman–Crippen LogP) is 4.70. The first-order valence-electron chi connectivity index (χ1n) is 8.62. The molecule has 3 rings (SSSR count). The van der Waals surface area contributed by atoms with Crippen molar-refractivity contribution in [2.24, 2.45) is 0 Å². The number of phenolic OH excluding ortho intramolecular Hbond substituents is 2. The normalized spacial score (nSPS) is 10.8. The van der Waals surface area contributed by atoms with E-state index in [0.29, 0.717) is 23.3 Å². The van der Waals surface area contributed by atoms with E-state index in [0.717, 1.165) is 11.1 Å². The molecule has 2 aromatic carbocycles. The van der Waals surface area contributed by atoms with Crippen molar-refractivity contribution >= 4 is 11.0 Å². The van der Waals surface area contributed by atoms with Gasteiger partial charge in [0.25, 0.3) is 0 Å². The molecule has 0 unspecified atom stereocenters. The van der Waals surface area contributed by atoms with Crippen molar-refractivity contribution in [3.8, 4) is 28.6 Å². The number of ether oxygens (including phenoxy) is 1. The highest BCUT2D eigenvalue weighted by Gasteiger charge is 2.20. The average Bonchev–Trinajstić information content (AvgIpc) is 2.59. The van der Waals surface area contributed by atoms with Gasteiger partial charge in [-0.05, 0) is 57.0 Å². The topological polar surface area (TPSA) is 79.9 Å². The lowest BCUT2D eigenvalue weighted by Gasteiger charge is -2.12. The second kappa shape index (κ2) is 7.19. The van der Waals surface area contributed by atoms with Crippen LogP contribution in [0, 0.1) is 6.92 Å². The van der Waals surface area contributed by atoms with E-state index >= 15 is 0 Å². The number of hydrogen-bond acceptors (Lipinski definition) is 5. The summed E-state index contributed by atoms with van der Waals surface area (Å²) in [5, 5.41) is 20.9. The first-order valence-corrected chi connectivity index (χ1v) is 8.62. The van der Waals surface area contributed by atoms with Gasteiger partial charge in [0.2, 0.25) is 5.43 Å². The van der Waals surface area contributed by atoms with Gasteiger partial charge in [-0.2, -0.15) is 0 Å². The van der Waals surface area contributed by atoms with Crippen molar-refractivity contribution in [3.63, 3.8) is 0 Å². The Hall–Kier alpha value is -3.21. The third-order valence-corrected chi connectivity index (χ3v) is 4.38. The van der Waals surface area contributed by atoms with E-state index in [1.807, 2.05) is 19.9 Å². The van der Waals surface area contributed by atoms with Gasteiger partial charge < -0.3 is 19.4 Å². The van der Waals surface area contributed by atoms with Crippen molar-refractivity contribution in [2.45, 2.75) is 27.2 Å². The molecule has 0 atom stereocenters. The molecule has 0 amide bonds. The summed E-state index contributed by atoms with van der Waals surface area (Å²) in [6.45, 7) is 5.68. The third-order valence-electron chi connectivity index (χ3n) is 4.38. The molecule has 1 aromatic heterocycles. The van der Waals surface area contributed by atoms with Crippen molar-refractivity contribution in [1.29, 1.82) is 0 Å². The first kappa shape index (κ1) is 18.6. The number of hydrogen-bond donors (Lipinski definition) is 2. The summed E-state index contributed by atoms with van der Waals surface area (Å²) in [7, 11) is 1.51. The van der Waals surface area contributed by atoms with E-state index < -0.39 is 0 Å². The van der Waals surface area contributed by atoms with Gasteiger partial charge in [0, 0.05) is 11.6 Å². The molecule has 0 aliphatic heterocycles. The maximum Gasteiger partial charge on any atom is 0.200 e. The number of phenols is 2. The number of aryl methyl sites for hydroxylation is 1. The molecule has 0 bridgehead atoms. The zero-order chi connectivity index (χ0) is 19.7. The molecule has 0 saturated carbocycles. The van der Waals surface area contributed by atoms with E-state index in [4.69, 9.17) is 9.15 Å². The van der Waals surface area contributed by atoms with Gasteiger partial charge in [-0.1, -0.05) is 11.6 Å². The van der Waals surface area contributed by atoms with Crippen molar-refractivity contribution in [2.75, 3.05) is 7.11 Å². The molecular weight excluding hydrogens is 344 g/mol. The van der Waals surface area contributed by atoms with Crippen LogP contribution >= 0.6 is 0 Å². The quantitative estimate of drug-likeness (QED) is 0.655. The van der Waals surface area contributed by atoms with Crippen LogP contribution in [0.1, 0.15) is 25.0 Å². The lowest BCUT2D eigenvalue weighted by atomic mass is 9.99. The maximum absolute atomic E-state index is 13.1. The maximum atomic E-state index is 13.1. The zero-order valence-electron chi connectivity index (χ0n) is 15.8. The van der Waals surface area contributed by atoms with Gasteiger partial charge in [0.1, 0.15) is 34.0 Å². The highest BCUT2D eigenvalue weighted by Crippen LogP contribution is 2.36. The number of benzene rings is 2. The average molecular weight is 366 g/mol. The molecule has 0 aliphatic rings. The van der Waals surface area contributed by atoms with Gasteiger partial charge in [-0.25, -0.2) is 0 Å². The van der Waals surface area contributed by atoms with Gasteiger partial charge in [0.15, 0.2) is 0 Å². The molecule has 27 heavy (non-hydrogen) atoms. The lowest BCUT2D eigenvalue weighted by molar-refractivity contribution is 0.407. The van der Waals surface area contributed by atoms with E-state index in [1.54, 1.807) is 25.1 Å². The zero-order valence-corrected chi connectivity index (χ0v) is 15.8. The SMILES string of the molecule is COc1ccc(-c2oc3cc(C)cc(O)c3c(=O)c2CC=C(C)C)c(O)c1. The van der Waals surface area contributed by atoms with Crippen LogP contribution in [-0.2, 0) is 6.42 Å². The molecule has 0 radical (unpaired) electrons. The van der Waals surface area contributed by atoms with Gasteiger partial charge in [0.05, 0.1) is 12.7 Å². The minimum atomic E-state index is -0.309. The smallest absolute Gasteiger partial charge is 0.200 e. The molecule has 140 valence electrons. The summed E-state index contributed by atoms with van der Waals surface area (Å²) in [6, 6.07) is 8.05. The molecule has 1 heterocycles. The fourth-order valence-corrected chi connectivity index (χ4v) is 3.01. The Labute approximate surface area is 157 Å². The number of allylic oxidation sites excluding steroid dienone is 2. The Kier molecular flexibility index (Phi) is 4.95. The first-order chi connectivity index (χ1) is 12.8. The van der Waals surface area contributed by atoms with Crippen molar-refractivity contribution in [3.05, 3.63) is 63.3 Å². The van der Waals surface area contributed by atoms with Crippen molar-refractivity contribution < 1.29 is 19.4 Å². The Morgan fingerprint density at radius 2 is 1.89 bits per heavy atom. The van der Waals surface area contributed by atoms with Crippen LogP contribution < -0.4 is 10.2 Å². The molecule has 3 aromatic rings. The molecule has 5 nitrogen and oxygen atoms in total. The second-order valence-electron chi connectivity index (χ2n) is 6.76. The van der Waals surface area contributed by atoms with E-state index in [9.17, 15) is 15.0 Å². The summed E-state index contributed by atoms with van der Waals surface area (Å²) in [4.78, 5) is 13.1. The third kappa shape index (κ3) is 3.53. The van der Waals surface area contributed by atoms with Crippen LogP contribution in [0.2, 0.25) is 0 Å². The second-order valence-corrected chi connectivity index (χ2v) is 6.76. The Balaban J connectivity index is 2.37. The number of aromatic hydroxyl groups is 2. The molecule has 0 aliphatic carbocycles. The molecule has 0 saturated heterocycles. The standard InChI is InChI=1S/C22H22O5/c1-12(2)5-7-16-21(25)20-18(24)9-13(3)10-19(20)27-22(16)15-8-6-14(26-4)11-17(15)23/h5-6,8-11,23-24H,7H2,1-4H3. The van der Waals surface area contributed by atoms with E-state index in [1.165, 1.54) is 19.2 Å². The fraction of sp³-hybridized carbons (Fsp3) is 0.227. The van der Waals surface area contributed by atoms with Gasteiger partial charge >= 0.3 is 0 Å². The number of fused-ring (bicyclic) bond motifs is 1. The monoisotopic (exact) mass is 366 g/mol. The predicted molar refractivity (Wildman–Crippen MR) is 106 cm³/mol. The van der Waals surface area contributed by atoms with Crippen LogP contribution in [0.15, 0.2) is 51.2 Å². The number of methoxy groups -OCH3 is 1. The molecule has 5 heteroatoms. The van der Waals surface area contributed by atoms with Crippen LogP contribution in [0.3, 0.4) is 0 Å². The van der Waals surface area contributed by atoms with Gasteiger partial charge in [-0.15, -0.1) is 0 Å². The van der Waals surface area contributed by atoms with E-state index in [2.05, 4.69) is 0 Å². The highest BCUT2D eigenvalue weighted by molar-refractivity contribution is 5.87. The minimum Gasteiger partial charge on any atom is -0.507 e.